The molecule has 2 aromatic carbocycles. The molecular weight excluding hydrogens is 370 g/mol. The lowest BCUT2D eigenvalue weighted by Crippen LogP contribution is -2.33. The van der Waals surface area contributed by atoms with Crippen molar-refractivity contribution in [1.29, 1.82) is 0 Å². The first kappa shape index (κ1) is 19.0. The van der Waals surface area contributed by atoms with E-state index in [2.05, 4.69) is 5.32 Å². The van der Waals surface area contributed by atoms with Gasteiger partial charge in [-0.05, 0) is 36.2 Å². The molecule has 6 nitrogen and oxygen atoms in total. The van der Waals surface area contributed by atoms with E-state index in [1.54, 1.807) is 25.3 Å². The van der Waals surface area contributed by atoms with E-state index in [-0.39, 0.29) is 19.1 Å². The maximum Gasteiger partial charge on any atom is 0.313 e. The second-order valence-corrected chi connectivity index (χ2v) is 6.60. The summed E-state index contributed by atoms with van der Waals surface area (Å²) in [6.45, 7) is 0.169. The van der Waals surface area contributed by atoms with E-state index in [4.69, 9.17) is 25.8 Å². The van der Waals surface area contributed by atoms with E-state index in [9.17, 15) is 9.59 Å². The van der Waals surface area contributed by atoms with Crippen molar-refractivity contribution in [3.05, 3.63) is 58.6 Å². The largest absolute Gasteiger partial charge is 0.496 e. The number of hydrogen-bond donors (Lipinski definition) is 1. The van der Waals surface area contributed by atoms with E-state index >= 15 is 0 Å². The normalized spacial score (nSPS) is 15.3. The van der Waals surface area contributed by atoms with Gasteiger partial charge in [0.15, 0.2) is 6.61 Å². The number of carbonyl (C=O) groups excluding carboxylic acids is 2. The number of halogens is 1. The van der Waals surface area contributed by atoms with Crippen LogP contribution < -0.4 is 14.8 Å². The summed E-state index contributed by atoms with van der Waals surface area (Å²) in [5, 5.41) is 3.30. The Labute approximate surface area is 162 Å². The van der Waals surface area contributed by atoms with Crippen LogP contribution in [0.5, 0.6) is 11.5 Å². The van der Waals surface area contributed by atoms with Crippen molar-refractivity contribution in [3.63, 3.8) is 0 Å². The molecule has 7 heteroatoms. The maximum atomic E-state index is 12.2. The summed E-state index contributed by atoms with van der Waals surface area (Å²) in [7, 11) is 1.57. The average Bonchev–Trinajstić information content (AvgIpc) is 2.70. The number of carbonyl (C=O) groups is 2. The van der Waals surface area contributed by atoms with Gasteiger partial charge in [-0.25, -0.2) is 0 Å². The molecule has 0 unspecified atom stereocenters. The zero-order chi connectivity index (χ0) is 19.2. The molecule has 1 aliphatic rings. The summed E-state index contributed by atoms with van der Waals surface area (Å²) >= 11 is 5.98. The average molecular weight is 390 g/mol. The highest BCUT2D eigenvalue weighted by atomic mass is 35.5. The number of benzene rings is 2. The van der Waals surface area contributed by atoms with Gasteiger partial charge < -0.3 is 19.5 Å². The van der Waals surface area contributed by atoms with Gasteiger partial charge in [0.2, 0.25) is 0 Å². The van der Waals surface area contributed by atoms with Crippen molar-refractivity contribution in [2.24, 2.45) is 5.92 Å². The van der Waals surface area contributed by atoms with Crippen molar-refractivity contribution < 1.29 is 23.8 Å². The van der Waals surface area contributed by atoms with Crippen LogP contribution in [0.3, 0.4) is 0 Å². The van der Waals surface area contributed by atoms with Gasteiger partial charge in [0.1, 0.15) is 18.1 Å². The number of ether oxygens (including phenoxy) is 3. The molecule has 0 radical (unpaired) electrons. The lowest BCUT2D eigenvalue weighted by Gasteiger charge is -2.24. The van der Waals surface area contributed by atoms with Crippen LogP contribution in [0, 0.1) is 5.92 Å². The predicted octanol–water partition coefficient (Wildman–Crippen LogP) is 2.76. The van der Waals surface area contributed by atoms with Crippen molar-refractivity contribution in [1.82, 2.24) is 5.32 Å². The molecule has 142 valence electrons. The summed E-state index contributed by atoms with van der Waals surface area (Å²) in [6.07, 6.45) is 0.470. The zero-order valence-electron chi connectivity index (χ0n) is 14.9. The molecular formula is C20H20ClNO5. The molecule has 0 aliphatic carbocycles. The molecule has 0 spiro atoms. The molecule has 0 saturated heterocycles. The van der Waals surface area contributed by atoms with Crippen LogP contribution in [0.2, 0.25) is 5.02 Å². The van der Waals surface area contributed by atoms with Crippen LogP contribution in [0.25, 0.3) is 0 Å². The Morgan fingerprint density at radius 2 is 2.07 bits per heavy atom. The number of amides is 1. The Kier molecular flexibility index (Phi) is 6.19. The third-order valence-corrected chi connectivity index (χ3v) is 4.51. The molecule has 1 aliphatic heterocycles. The standard InChI is InChI=1S/C20H20ClNO5/c1-25-17-5-3-2-4-13(17)10-22-19(23)12-27-20(24)15-8-14-9-16(21)6-7-18(14)26-11-15/h2-7,9,15H,8,10-12H2,1H3,(H,22,23)/t15-/m0/s1. The third kappa shape index (κ3) is 4.92. The van der Waals surface area contributed by atoms with E-state index in [1.807, 2.05) is 24.3 Å². The minimum atomic E-state index is -0.465. The predicted molar refractivity (Wildman–Crippen MR) is 99.9 cm³/mol. The molecule has 3 rings (SSSR count). The van der Waals surface area contributed by atoms with Gasteiger partial charge in [0, 0.05) is 17.1 Å². The highest BCUT2D eigenvalue weighted by Gasteiger charge is 2.28. The molecule has 0 saturated carbocycles. The van der Waals surface area contributed by atoms with Crippen LogP contribution >= 0.6 is 11.6 Å². The minimum Gasteiger partial charge on any atom is -0.496 e. The van der Waals surface area contributed by atoms with Crippen molar-refractivity contribution in [3.8, 4) is 11.5 Å². The molecule has 1 N–H and O–H groups in total. The van der Waals surface area contributed by atoms with Gasteiger partial charge in [-0.1, -0.05) is 29.8 Å². The first-order chi connectivity index (χ1) is 13.1. The van der Waals surface area contributed by atoms with Gasteiger partial charge >= 0.3 is 5.97 Å². The monoisotopic (exact) mass is 389 g/mol. The number of fused-ring (bicyclic) bond motifs is 1. The first-order valence-electron chi connectivity index (χ1n) is 8.53. The maximum absolute atomic E-state index is 12.2. The van der Waals surface area contributed by atoms with Crippen LogP contribution in [0.4, 0.5) is 0 Å². The smallest absolute Gasteiger partial charge is 0.313 e. The molecule has 1 atom stereocenters. The molecule has 0 aromatic heterocycles. The highest BCUT2D eigenvalue weighted by molar-refractivity contribution is 6.30. The third-order valence-electron chi connectivity index (χ3n) is 4.28. The SMILES string of the molecule is COc1ccccc1CNC(=O)COC(=O)[C@@H]1COc2ccc(Cl)cc2C1. The topological polar surface area (TPSA) is 73.9 Å². The Hall–Kier alpha value is -2.73. The van der Waals surface area contributed by atoms with Gasteiger partial charge in [-0.2, -0.15) is 0 Å². The molecule has 2 aromatic rings. The van der Waals surface area contributed by atoms with Crippen molar-refractivity contribution in [2.45, 2.75) is 13.0 Å². The summed E-state index contributed by atoms with van der Waals surface area (Å²) in [6, 6.07) is 12.7. The summed E-state index contributed by atoms with van der Waals surface area (Å²) < 4.78 is 15.9. The highest BCUT2D eigenvalue weighted by Crippen LogP contribution is 2.30. The van der Waals surface area contributed by atoms with E-state index in [1.165, 1.54) is 0 Å². The van der Waals surface area contributed by atoms with Crippen LogP contribution in [-0.2, 0) is 27.3 Å². The number of hydrogen-bond acceptors (Lipinski definition) is 5. The molecule has 0 fully saturated rings. The number of para-hydroxylation sites is 1. The Morgan fingerprint density at radius 3 is 2.89 bits per heavy atom. The minimum absolute atomic E-state index is 0.219. The number of methoxy groups -OCH3 is 1. The number of nitrogens with one attached hydrogen (secondary N) is 1. The van der Waals surface area contributed by atoms with Crippen LogP contribution in [-0.4, -0.2) is 32.2 Å². The number of rotatable bonds is 6. The molecule has 27 heavy (non-hydrogen) atoms. The van der Waals surface area contributed by atoms with Gasteiger partial charge in [0.05, 0.1) is 13.0 Å². The van der Waals surface area contributed by atoms with Crippen LogP contribution in [0.15, 0.2) is 42.5 Å². The van der Waals surface area contributed by atoms with Gasteiger partial charge in [-0.15, -0.1) is 0 Å². The Balaban J connectivity index is 1.47. The lowest BCUT2D eigenvalue weighted by atomic mass is 9.97. The Bertz CT molecular complexity index is 839. The fourth-order valence-corrected chi connectivity index (χ4v) is 3.06. The van der Waals surface area contributed by atoms with E-state index in [0.29, 0.717) is 23.7 Å². The van der Waals surface area contributed by atoms with E-state index < -0.39 is 11.9 Å². The van der Waals surface area contributed by atoms with Crippen molar-refractivity contribution in [2.75, 3.05) is 20.3 Å². The molecule has 1 heterocycles. The second-order valence-electron chi connectivity index (χ2n) is 6.16. The zero-order valence-corrected chi connectivity index (χ0v) is 15.6. The number of esters is 1. The molecule has 1 amide bonds. The first-order valence-corrected chi connectivity index (χ1v) is 8.91. The summed E-state index contributed by atoms with van der Waals surface area (Å²) in [4.78, 5) is 24.2. The fraction of sp³-hybridized carbons (Fsp3) is 0.300. The fourth-order valence-electron chi connectivity index (χ4n) is 2.86. The second kappa shape index (κ2) is 8.77. The molecule has 0 bridgehead atoms. The van der Waals surface area contributed by atoms with Gasteiger partial charge in [-0.3, -0.25) is 9.59 Å². The Morgan fingerprint density at radius 1 is 1.26 bits per heavy atom. The van der Waals surface area contributed by atoms with Crippen LogP contribution in [0.1, 0.15) is 11.1 Å². The quantitative estimate of drug-likeness (QED) is 0.769. The van der Waals surface area contributed by atoms with Crippen molar-refractivity contribution >= 4 is 23.5 Å². The summed E-state index contributed by atoms with van der Waals surface area (Å²) in [5.74, 6) is 0.102. The lowest BCUT2D eigenvalue weighted by molar-refractivity contribution is -0.153. The summed E-state index contributed by atoms with van der Waals surface area (Å²) in [5.41, 5.74) is 1.70. The van der Waals surface area contributed by atoms with Gasteiger partial charge in [0.25, 0.3) is 5.91 Å². The van der Waals surface area contributed by atoms with E-state index in [0.717, 1.165) is 16.9 Å².